The SMILES string of the molecule is CC(C)C(=O)N1CCc2cc(CNC(=O)c3cccc(F)c3)ccc21. The molecule has 25 heavy (non-hydrogen) atoms. The number of benzene rings is 2. The number of amides is 2. The number of halogens is 1. The second kappa shape index (κ2) is 7.05. The quantitative estimate of drug-likeness (QED) is 0.928. The molecule has 0 aromatic heterocycles. The molecule has 1 aliphatic rings. The van der Waals surface area contributed by atoms with E-state index in [0.29, 0.717) is 18.7 Å². The second-order valence-electron chi connectivity index (χ2n) is 6.55. The van der Waals surface area contributed by atoms with E-state index >= 15 is 0 Å². The molecule has 0 bridgehead atoms. The Morgan fingerprint density at radius 1 is 1.20 bits per heavy atom. The van der Waals surface area contributed by atoms with Gasteiger partial charge >= 0.3 is 0 Å². The minimum atomic E-state index is -0.430. The van der Waals surface area contributed by atoms with Crippen molar-refractivity contribution in [2.75, 3.05) is 11.4 Å². The highest BCUT2D eigenvalue weighted by Crippen LogP contribution is 2.30. The van der Waals surface area contributed by atoms with Gasteiger partial charge in [0.2, 0.25) is 5.91 Å². The van der Waals surface area contributed by atoms with Crippen LogP contribution < -0.4 is 10.2 Å². The van der Waals surface area contributed by atoms with Crippen LogP contribution in [-0.2, 0) is 17.8 Å². The fourth-order valence-electron chi connectivity index (χ4n) is 3.02. The van der Waals surface area contributed by atoms with Gasteiger partial charge < -0.3 is 10.2 Å². The standard InChI is InChI=1S/C20H21FN2O2/c1-13(2)20(25)23-9-8-15-10-14(6-7-18(15)23)12-22-19(24)16-4-3-5-17(21)11-16/h3-7,10-11,13H,8-9,12H2,1-2H3,(H,22,24). The molecule has 2 amide bonds. The normalized spacial score (nSPS) is 13.0. The van der Waals surface area contributed by atoms with Gasteiger partial charge in [-0.05, 0) is 41.8 Å². The highest BCUT2D eigenvalue weighted by molar-refractivity contribution is 5.96. The third-order valence-electron chi connectivity index (χ3n) is 4.34. The van der Waals surface area contributed by atoms with Crippen molar-refractivity contribution in [2.24, 2.45) is 5.92 Å². The Labute approximate surface area is 146 Å². The van der Waals surface area contributed by atoms with Crippen molar-refractivity contribution in [3.8, 4) is 0 Å². The lowest BCUT2D eigenvalue weighted by Gasteiger charge is -2.19. The Bertz CT molecular complexity index is 817. The van der Waals surface area contributed by atoms with Crippen LogP contribution in [0.1, 0.15) is 35.3 Å². The van der Waals surface area contributed by atoms with E-state index in [1.807, 2.05) is 36.9 Å². The van der Waals surface area contributed by atoms with Crippen molar-refractivity contribution in [2.45, 2.75) is 26.8 Å². The topological polar surface area (TPSA) is 49.4 Å². The van der Waals surface area contributed by atoms with Gasteiger partial charge in [-0.3, -0.25) is 9.59 Å². The van der Waals surface area contributed by atoms with Gasteiger partial charge in [0.15, 0.2) is 0 Å². The average Bonchev–Trinajstić information content (AvgIpc) is 3.02. The van der Waals surface area contributed by atoms with Crippen LogP contribution in [0.5, 0.6) is 0 Å². The van der Waals surface area contributed by atoms with Gasteiger partial charge in [-0.2, -0.15) is 0 Å². The fraction of sp³-hybridized carbons (Fsp3) is 0.300. The minimum Gasteiger partial charge on any atom is -0.348 e. The zero-order valence-electron chi connectivity index (χ0n) is 14.4. The molecule has 0 spiro atoms. The minimum absolute atomic E-state index is 0.0313. The molecule has 0 radical (unpaired) electrons. The Kier molecular flexibility index (Phi) is 4.83. The lowest BCUT2D eigenvalue weighted by Crippen LogP contribution is -2.32. The Balaban J connectivity index is 1.67. The molecule has 0 unspecified atom stereocenters. The number of carbonyl (C=O) groups excluding carboxylic acids is 2. The highest BCUT2D eigenvalue weighted by Gasteiger charge is 2.26. The molecule has 1 aliphatic heterocycles. The molecule has 2 aromatic carbocycles. The highest BCUT2D eigenvalue weighted by atomic mass is 19.1. The van der Waals surface area contributed by atoms with Crippen LogP contribution in [0.4, 0.5) is 10.1 Å². The van der Waals surface area contributed by atoms with Crippen LogP contribution in [0.2, 0.25) is 0 Å². The average molecular weight is 340 g/mol. The maximum absolute atomic E-state index is 13.2. The van der Waals surface area contributed by atoms with Gasteiger partial charge in [-0.15, -0.1) is 0 Å². The van der Waals surface area contributed by atoms with Gasteiger partial charge in [0, 0.05) is 30.3 Å². The number of rotatable bonds is 4. The first kappa shape index (κ1) is 17.1. The molecular weight excluding hydrogens is 319 g/mol. The van der Waals surface area contributed by atoms with Gasteiger partial charge in [-0.1, -0.05) is 32.0 Å². The van der Waals surface area contributed by atoms with E-state index in [9.17, 15) is 14.0 Å². The van der Waals surface area contributed by atoms with Gasteiger partial charge in [0.1, 0.15) is 5.82 Å². The maximum atomic E-state index is 13.2. The van der Waals surface area contributed by atoms with E-state index < -0.39 is 5.82 Å². The van der Waals surface area contributed by atoms with Crippen molar-refractivity contribution < 1.29 is 14.0 Å². The van der Waals surface area contributed by atoms with Crippen LogP contribution in [0.15, 0.2) is 42.5 Å². The summed E-state index contributed by atoms with van der Waals surface area (Å²) < 4.78 is 13.2. The Hall–Kier alpha value is -2.69. The van der Waals surface area contributed by atoms with Crippen molar-refractivity contribution in [1.82, 2.24) is 5.32 Å². The number of hydrogen-bond donors (Lipinski definition) is 1. The molecule has 0 atom stereocenters. The summed E-state index contributed by atoms with van der Waals surface area (Å²) >= 11 is 0. The van der Waals surface area contributed by atoms with Crippen LogP contribution in [0, 0.1) is 11.7 Å². The molecule has 2 aromatic rings. The molecule has 4 nitrogen and oxygen atoms in total. The van der Waals surface area contributed by atoms with Gasteiger partial charge in [0.05, 0.1) is 0 Å². The third-order valence-corrected chi connectivity index (χ3v) is 4.34. The summed E-state index contributed by atoms with van der Waals surface area (Å²) in [7, 11) is 0. The Morgan fingerprint density at radius 3 is 2.72 bits per heavy atom. The summed E-state index contributed by atoms with van der Waals surface area (Å²) in [5.41, 5.74) is 3.34. The smallest absolute Gasteiger partial charge is 0.251 e. The van der Waals surface area contributed by atoms with Gasteiger partial charge in [0.25, 0.3) is 5.91 Å². The molecule has 3 rings (SSSR count). The second-order valence-corrected chi connectivity index (χ2v) is 6.55. The fourth-order valence-corrected chi connectivity index (χ4v) is 3.02. The first-order valence-electron chi connectivity index (χ1n) is 8.42. The zero-order chi connectivity index (χ0) is 18.0. The van der Waals surface area contributed by atoms with Crippen molar-refractivity contribution in [1.29, 1.82) is 0 Å². The number of nitrogens with zero attached hydrogens (tertiary/aromatic N) is 1. The van der Waals surface area contributed by atoms with Crippen molar-refractivity contribution in [3.63, 3.8) is 0 Å². The van der Waals surface area contributed by atoms with Crippen LogP contribution in [-0.4, -0.2) is 18.4 Å². The van der Waals surface area contributed by atoms with E-state index in [1.54, 1.807) is 6.07 Å². The molecule has 5 heteroatoms. The summed E-state index contributed by atoms with van der Waals surface area (Å²) in [6, 6.07) is 11.5. The largest absolute Gasteiger partial charge is 0.348 e. The molecule has 1 N–H and O–H groups in total. The summed E-state index contributed by atoms with van der Waals surface area (Å²) in [5.74, 6) is -0.640. The Morgan fingerprint density at radius 2 is 2.00 bits per heavy atom. The molecule has 0 saturated carbocycles. The number of fused-ring (bicyclic) bond motifs is 1. The van der Waals surface area contributed by atoms with Crippen molar-refractivity contribution >= 4 is 17.5 Å². The molecule has 1 heterocycles. The number of anilines is 1. The van der Waals surface area contributed by atoms with E-state index in [-0.39, 0.29) is 17.7 Å². The number of carbonyl (C=O) groups is 2. The lowest BCUT2D eigenvalue weighted by molar-refractivity contribution is -0.121. The predicted octanol–water partition coefficient (Wildman–Crippen LogP) is 3.30. The zero-order valence-corrected chi connectivity index (χ0v) is 14.4. The summed E-state index contributed by atoms with van der Waals surface area (Å²) in [6.45, 7) is 4.86. The molecule has 0 saturated heterocycles. The van der Waals surface area contributed by atoms with E-state index in [4.69, 9.17) is 0 Å². The summed E-state index contributed by atoms with van der Waals surface area (Å²) in [4.78, 5) is 26.1. The van der Waals surface area contributed by atoms with Crippen LogP contribution >= 0.6 is 0 Å². The number of hydrogen-bond acceptors (Lipinski definition) is 2. The van der Waals surface area contributed by atoms with Gasteiger partial charge in [-0.25, -0.2) is 4.39 Å². The predicted molar refractivity (Wildman–Crippen MR) is 94.9 cm³/mol. The number of nitrogens with one attached hydrogen (secondary N) is 1. The van der Waals surface area contributed by atoms with Crippen molar-refractivity contribution in [3.05, 3.63) is 65.0 Å². The van der Waals surface area contributed by atoms with E-state index in [0.717, 1.165) is 23.2 Å². The van der Waals surface area contributed by atoms with Crippen LogP contribution in [0.3, 0.4) is 0 Å². The monoisotopic (exact) mass is 340 g/mol. The molecule has 0 aliphatic carbocycles. The molecular formula is C20H21FN2O2. The third kappa shape index (κ3) is 3.71. The maximum Gasteiger partial charge on any atom is 0.251 e. The van der Waals surface area contributed by atoms with E-state index in [2.05, 4.69) is 5.32 Å². The first-order valence-corrected chi connectivity index (χ1v) is 8.42. The lowest BCUT2D eigenvalue weighted by atomic mass is 10.1. The van der Waals surface area contributed by atoms with E-state index in [1.165, 1.54) is 18.2 Å². The first-order chi connectivity index (χ1) is 12.0. The molecule has 0 fully saturated rings. The summed E-state index contributed by atoms with van der Waals surface area (Å²) in [6.07, 6.45) is 0.819. The summed E-state index contributed by atoms with van der Waals surface area (Å²) in [5, 5.41) is 2.80. The molecule has 130 valence electrons. The van der Waals surface area contributed by atoms with Crippen LogP contribution in [0.25, 0.3) is 0 Å².